The highest BCUT2D eigenvalue weighted by molar-refractivity contribution is 5.95. The predicted molar refractivity (Wildman–Crippen MR) is 261 cm³/mol. The number of anilines is 6. The summed E-state index contributed by atoms with van der Waals surface area (Å²) in [6, 6.07) is 66.3. The molecule has 0 aliphatic heterocycles. The lowest BCUT2D eigenvalue weighted by atomic mass is 9.69. The molecular formula is C59H62N2. The van der Waals surface area contributed by atoms with Crippen LogP contribution in [0.1, 0.15) is 126 Å². The molecule has 308 valence electrons. The van der Waals surface area contributed by atoms with E-state index in [-0.39, 0.29) is 10.8 Å². The minimum absolute atomic E-state index is 0.0692. The van der Waals surface area contributed by atoms with E-state index in [0.29, 0.717) is 5.92 Å². The lowest BCUT2D eigenvalue weighted by Crippen LogP contribution is -2.27. The van der Waals surface area contributed by atoms with E-state index in [1.807, 2.05) is 0 Å². The minimum Gasteiger partial charge on any atom is -0.311 e. The van der Waals surface area contributed by atoms with Gasteiger partial charge in [-0.1, -0.05) is 175 Å². The molecule has 2 aliphatic rings. The molecule has 61 heavy (non-hydrogen) atoms. The van der Waals surface area contributed by atoms with Gasteiger partial charge in [-0.25, -0.2) is 0 Å². The van der Waals surface area contributed by atoms with E-state index in [2.05, 4.69) is 213 Å². The Labute approximate surface area is 365 Å². The molecule has 1 fully saturated rings. The van der Waals surface area contributed by atoms with Crippen molar-refractivity contribution in [1.82, 2.24) is 0 Å². The maximum atomic E-state index is 2.47. The summed E-state index contributed by atoms with van der Waals surface area (Å²) >= 11 is 0. The molecular weight excluding hydrogens is 737 g/mol. The van der Waals surface area contributed by atoms with Crippen molar-refractivity contribution in [2.75, 3.05) is 9.80 Å². The van der Waals surface area contributed by atoms with Crippen LogP contribution in [0.15, 0.2) is 176 Å². The monoisotopic (exact) mass is 798 g/mol. The Hall–Kier alpha value is -5.86. The number of hydrogen-bond donors (Lipinski definition) is 0. The highest BCUT2D eigenvalue weighted by Gasteiger charge is 2.38. The van der Waals surface area contributed by atoms with Gasteiger partial charge in [-0.15, -0.1) is 0 Å². The van der Waals surface area contributed by atoms with Crippen molar-refractivity contribution >= 4 is 34.1 Å². The molecule has 1 saturated carbocycles. The van der Waals surface area contributed by atoms with Crippen LogP contribution >= 0.6 is 0 Å². The zero-order valence-electron chi connectivity index (χ0n) is 36.8. The van der Waals surface area contributed by atoms with Crippen molar-refractivity contribution in [2.45, 2.75) is 109 Å². The van der Waals surface area contributed by atoms with Gasteiger partial charge in [0.2, 0.25) is 0 Å². The first kappa shape index (κ1) is 40.5. The number of fused-ring (bicyclic) bond motifs is 3. The van der Waals surface area contributed by atoms with Crippen molar-refractivity contribution in [3.63, 3.8) is 0 Å². The number of para-hydroxylation sites is 2. The molecule has 9 rings (SSSR count). The first-order valence-electron chi connectivity index (χ1n) is 23.2. The molecule has 0 amide bonds. The lowest BCUT2D eigenvalue weighted by molar-refractivity contribution is 0.431. The molecule has 7 aromatic carbocycles. The molecule has 0 radical (unpaired) electrons. The first-order valence-corrected chi connectivity index (χ1v) is 23.2. The van der Waals surface area contributed by atoms with Crippen LogP contribution in [0.4, 0.5) is 34.1 Å². The number of benzene rings is 7. The molecule has 0 saturated heterocycles. The van der Waals surface area contributed by atoms with Gasteiger partial charge < -0.3 is 9.80 Å². The first-order chi connectivity index (χ1) is 29.9. The Morgan fingerprint density at radius 2 is 1.00 bits per heavy atom. The van der Waals surface area contributed by atoms with Crippen molar-refractivity contribution in [3.8, 4) is 11.1 Å². The summed E-state index contributed by atoms with van der Waals surface area (Å²) in [5.74, 6) is 0.696. The van der Waals surface area contributed by atoms with Gasteiger partial charge in [0.25, 0.3) is 0 Å². The van der Waals surface area contributed by atoms with Crippen molar-refractivity contribution in [3.05, 3.63) is 204 Å². The van der Waals surface area contributed by atoms with E-state index < -0.39 is 0 Å². The molecule has 0 heterocycles. The third-order valence-electron chi connectivity index (χ3n) is 14.2. The maximum absolute atomic E-state index is 2.47. The number of nitrogens with zero attached hydrogens (tertiary/aromatic N) is 2. The standard InChI is InChI=1S/C59H62N2/c1-5-7-19-43-59(6-2,46-33-39-51(40-34-46)60(48-23-13-9-14-24-48)50-37-31-45(32-38-50)44-21-11-8-12-22-44)47-35-41-52(42-36-47)61(49-25-15-10-16-26-49)56-30-20-29-55-57(56)53-27-17-18-28-54(53)58(55,3)4/h9-10,13-18,20,23-42,44H,5-8,11-12,19,21-22,43H2,1-4H3. The normalized spacial score (nSPS) is 15.4. The van der Waals surface area contributed by atoms with Crippen molar-refractivity contribution in [2.24, 2.45) is 0 Å². The van der Waals surface area contributed by atoms with Crippen LogP contribution in [-0.4, -0.2) is 0 Å². The van der Waals surface area contributed by atoms with Gasteiger partial charge in [0.1, 0.15) is 0 Å². The summed E-state index contributed by atoms with van der Waals surface area (Å²) in [5, 5.41) is 0. The molecule has 0 spiro atoms. The number of rotatable bonds is 14. The molecule has 0 bridgehead atoms. The Morgan fingerprint density at radius 1 is 0.492 bits per heavy atom. The molecule has 2 heteroatoms. The summed E-state index contributed by atoms with van der Waals surface area (Å²) in [4.78, 5) is 4.89. The highest BCUT2D eigenvalue weighted by Crippen LogP contribution is 2.54. The Kier molecular flexibility index (Phi) is 11.7. The summed E-state index contributed by atoms with van der Waals surface area (Å²) in [7, 11) is 0. The Bertz CT molecular complexity index is 2510. The second-order valence-corrected chi connectivity index (χ2v) is 18.1. The number of unbranched alkanes of at least 4 members (excludes halogenated alkanes) is 2. The van der Waals surface area contributed by atoms with Gasteiger partial charge in [-0.3, -0.25) is 0 Å². The fourth-order valence-electron chi connectivity index (χ4n) is 10.9. The summed E-state index contributed by atoms with van der Waals surface area (Å²) in [6.45, 7) is 9.44. The third kappa shape index (κ3) is 7.71. The predicted octanol–water partition coefficient (Wildman–Crippen LogP) is 17.3. The topological polar surface area (TPSA) is 6.48 Å². The smallest absolute Gasteiger partial charge is 0.0543 e. The molecule has 1 atom stereocenters. The zero-order valence-corrected chi connectivity index (χ0v) is 36.8. The molecule has 1 unspecified atom stereocenters. The second kappa shape index (κ2) is 17.6. The van der Waals surface area contributed by atoms with Crippen LogP contribution in [0.5, 0.6) is 0 Å². The van der Waals surface area contributed by atoms with Gasteiger partial charge in [-0.05, 0) is 132 Å². The third-order valence-corrected chi connectivity index (χ3v) is 14.2. The van der Waals surface area contributed by atoms with Crippen LogP contribution < -0.4 is 9.80 Å². The lowest BCUT2D eigenvalue weighted by Gasteiger charge is -2.36. The van der Waals surface area contributed by atoms with Gasteiger partial charge in [-0.2, -0.15) is 0 Å². The molecule has 2 aliphatic carbocycles. The maximum Gasteiger partial charge on any atom is 0.0543 e. The van der Waals surface area contributed by atoms with Gasteiger partial charge >= 0.3 is 0 Å². The van der Waals surface area contributed by atoms with Gasteiger partial charge in [0.05, 0.1) is 5.69 Å². The number of hydrogen-bond acceptors (Lipinski definition) is 2. The summed E-state index contributed by atoms with van der Waals surface area (Å²) in [5.41, 5.74) is 16.7. The Morgan fingerprint density at radius 3 is 1.59 bits per heavy atom. The van der Waals surface area contributed by atoms with Crippen LogP contribution in [0.2, 0.25) is 0 Å². The summed E-state index contributed by atoms with van der Waals surface area (Å²) < 4.78 is 0. The van der Waals surface area contributed by atoms with Crippen LogP contribution in [0.3, 0.4) is 0 Å². The average molecular weight is 799 g/mol. The largest absolute Gasteiger partial charge is 0.311 e. The van der Waals surface area contributed by atoms with Crippen LogP contribution in [0, 0.1) is 0 Å². The van der Waals surface area contributed by atoms with Crippen molar-refractivity contribution < 1.29 is 0 Å². The average Bonchev–Trinajstić information content (AvgIpc) is 3.56. The van der Waals surface area contributed by atoms with Crippen molar-refractivity contribution in [1.29, 1.82) is 0 Å². The summed E-state index contributed by atoms with van der Waals surface area (Å²) in [6.07, 6.45) is 12.5. The quantitative estimate of drug-likeness (QED) is 0.101. The van der Waals surface area contributed by atoms with Crippen LogP contribution in [0.25, 0.3) is 11.1 Å². The zero-order chi connectivity index (χ0) is 41.8. The van der Waals surface area contributed by atoms with E-state index in [0.717, 1.165) is 18.5 Å². The van der Waals surface area contributed by atoms with Gasteiger partial charge in [0.15, 0.2) is 0 Å². The molecule has 7 aromatic rings. The molecule has 0 aromatic heterocycles. The van der Waals surface area contributed by atoms with E-state index in [1.54, 1.807) is 0 Å². The Balaban J connectivity index is 1.09. The van der Waals surface area contributed by atoms with Crippen LogP contribution in [-0.2, 0) is 10.8 Å². The molecule has 2 nitrogen and oxygen atoms in total. The fourth-order valence-corrected chi connectivity index (χ4v) is 10.9. The SMILES string of the molecule is CCCCCC(CC)(c1ccc(N(c2ccccc2)c2ccc(C3CCCCC3)cc2)cc1)c1ccc(N(c2ccccc2)c2cccc3c2-c2ccccc2C3(C)C)cc1. The highest BCUT2D eigenvalue weighted by atomic mass is 15.1. The second-order valence-electron chi connectivity index (χ2n) is 18.1. The van der Waals surface area contributed by atoms with E-state index in [1.165, 1.54) is 119 Å². The molecule has 0 N–H and O–H groups in total. The fraction of sp³-hybridized carbons (Fsp3) is 0.288. The van der Waals surface area contributed by atoms with E-state index >= 15 is 0 Å². The minimum atomic E-state index is -0.111. The van der Waals surface area contributed by atoms with Gasteiger partial charge in [0, 0.05) is 44.8 Å². The van der Waals surface area contributed by atoms with E-state index in [4.69, 9.17) is 0 Å². The van der Waals surface area contributed by atoms with E-state index in [9.17, 15) is 0 Å².